The van der Waals surface area contributed by atoms with Crippen LogP contribution in [0.15, 0.2) is 0 Å². The van der Waals surface area contributed by atoms with Crippen LogP contribution in [0.1, 0.15) is 53.9 Å². The fraction of sp³-hybridized carbons (Fsp3) is 0.938. The van der Waals surface area contributed by atoms with Gasteiger partial charge in [-0.1, -0.05) is 20.8 Å². The number of rotatable bonds is 5. The minimum atomic E-state index is 0.203. The first-order chi connectivity index (χ1) is 9.15. The minimum Gasteiger partial charge on any atom is -0.341 e. The van der Waals surface area contributed by atoms with Crippen molar-refractivity contribution < 1.29 is 4.79 Å². The Morgan fingerprint density at radius 2 is 2.00 bits per heavy atom. The fourth-order valence-corrected chi connectivity index (χ4v) is 4.01. The summed E-state index contributed by atoms with van der Waals surface area (Å²) in [6.45, 7) is 13.7. The Hall–Kier alpha value is -0.220. The molecule has 0 radical (unpaired) electrons. The molecule has 1 amide bonds. The summed E-state index contributed by atoms with van der Waals surface area (Å²) in [4.78, 5) is 14.5. The third-order valence-corrected chi connectivity index (χ3v) is 5.52. The van der Waals surface area contributed by atoms with E-state index in [0.717, 1.165) is 31.7 Å². The summed E-state index contributed by atoms with van der Waals surface area (Å²) in [5, 5.41) is 0. The highest BCUT2D eigenvalue weighted by molar-refractivity contribution is 8.00. The molecule has 0 aromatic carbocycles. The molecule has 0 aromatic heterocycles. The number of hydrogen-bond acceptors (Lipinski definition) is 3. The predicted molar refractivity (Wildman–Crippen MR) is 89.0 cm³/mol. The highest BCUT2D eigenvalue weighted by Gasteiger charge is 2.30. The van der Waals surface area contributed by atoms with Crippen LogP contribution in [0.25, 0.3) is 0 Å². The van der Waals surface area contributed by atoms with Gasteiger partial charge in [-0.25, -0.2) is 0 Å². The van der Waals surface area contributed by atoms with Crippen molar-refractivity contribution in [1.29, 1.82) is 0 Å². The lowest BCUT2D eigenvalue weighted by molar-refractivity contribution is -0.132. The lowest BCUT2D eigenvalue weighted by atomic mass is 9.76. The van der Waals surface area contributed by atoms with Crippen LogP contribution >= 0.6 is 11.8 Å². The third-order valence-electron chi connectivity index (χ3n) is 4.22. The zero-order valence-electron chi connectivity index (χ0n) is 13.9. The lowest BCUT2D eigenvalue weighted by Crippen LogP contribution is -2.46. The quantitative estimate of drug-likeness (QED) is 0.848. The SMILES string of the molecule is CC1(C)CN(C(=O)CCC(CCN)C(C)(C)C)CCS1. The number of amides is 1. The van der Waals surface area contributed by atoms with Crippen LogP contribution < -0.4 is 5.73 Å². The van der Waals surface area contributed by atoms with Gasteiger partial charge in [-0.05, 0) is 44.6 Å². The number of hydrogen-bond donors (Lipinski definition) is 1. The van der Waals surface area contributed by atoms with Crippen molar-refractivity contribution in [2.24, 2.45) is 17.1 Å². The Morgan fingerprint density at radius 1 is 1.35 bits per heavy atom. The molecule has 0 spiro atoms. The van der Waals surface area contributed by atoms with Gasteiger partial charge in [0.1, 0.15) is 0 Å². The van der Waals surface area contributed by atoms with Gasteiger partial charge in [-0.3, -0.25) is 4.79 Å². The van der Waals surface area contributed by atoms with Gasteiger partial charge in [0, 0.05) is 30.0 Å². The molecule has 1 unspecified atom stereocenters. The topological polar surface area (TPSA) is 46.3 Å². The van der Waals surface area contributed by atoms with Gasteiger partial charge in [-0.2, -0.15) is 11.8 Å². The van der Waals surface area contributed by atoms with E-state index >= 15 is 0 Å². The Labute approximate surface area is 129 Å². The number of nitrogens with two attached hydrogens (primary N) is 1. The van der Waals surface area contributed by atoms with Gasteiger partial charge >= 0.3 is 0 Å². The van der Waals surface area contributed by atoms with Gasteiger partial charge in [0.05, 0.1) is 0 Å². The Bertz CT molecular complexity index is 323. The maximum atomic E-state index is 12.4. The molecule has 1 atom stereocenters. The first-order valence-electron chi connectivity index (χ1n) is 7.77. The molecule has 20 heavy (non-hydrogen) atoms. The van der Waals surface area contributed by atoms with Crippen molar-refractivity contribution in [2.45, 2.75) is 58.6 Å². The van der Waals surface area contributed by atoms with E-state index in [1.54, 1.807) is 0 Å². The summed E-state index contributed by atoms with van der Waals surface area (Å²) >= 11 is 1.97. The van der Waals surface area contributed by atoms with Crippen molar-refractivity contribution in [3.05, 3.63) is 0 Å². The summed E-state index contributed by atoms with van der Waals surface area (Å²) in [5.74, 6) is 1.91. The molecule has 0 bridgehead atoms. The molecule has 1 heterocycles. The second-order valence-electron chi connectivity index (χ2n) is 7.60. The zero-order valence-corrected chi connectivity index (χ0v) is 14.7. The standard InChI is InChI=1S/C16H32N2OS/c1-15(2,3)13(8-9-17)6-7-14(19)18-10-11-20-16(4,5)12-18/h13H,6-12,17H2,1-5H3. The number of nitrogens with zero attached hydrogens (tertiary/aromatic N) is 1. The molecule has 4 heteroatoms. The number of thioether (sulfide) groups is 1. The van der Waals surface area contributed by atoms with Crippen molar-refractivity contribution >= 4 is 17.7 Å². The molecule has 0 aliphatic carbocycles. The molecule has 0 saturated carbocycles. The van der Waals surface area contributed by atoms with E-state index in [4.69, 9.17) is 5.73 Å². The molecule has 1 saturated heterocycles. The number of carbonyl (C=O) groups excluding carboxylic acids is 1. The molecule has 1 rings (SSSR count). The minimum absolute atomic E-state index is 0.203. The van der Waals surface area contributed by atoms with Crippen molar-refractivity contribution in [2.75, 3.05) is 25.4 Å². The molecule has 2 N–H and O–H groups in total. The molecule has 118 valence electrons. The second kappa shape index (κ2) is 7.17. The molecular weight excluding hydrogens is 268 g/mol. The van der Waals surface area contributed by atoms with Crippen LogP contribution in [0.2, 0.25) is 0 Å². The highest BCUT2D eigenvalue weighted by Crippen LogP contribution is 2.33. The van der Waals surface area contributed by atoms with Crippen LogP contribution in [0.3, 0.4) is 0 Å². The van der Waals surface area contributed by atoms with E-state index in [-0.39, 0.29) is 10.2 Å². The van der Waals surface area contributed by atoms with Gasteiger partial charge in [0.15, 0.2) is 0 Å². The molecule has 1 aliphatic rings. The Balaban J connectivity index is 2.49. The molecule has 1 fully saturated rings. The first-order valence-corrected chi connectivity index (χ1v) is 8.76. The summed E-state index contributed by atoms with van der Waals surface area (Å²) < 4.78 is 0.203. The van der Waals surface area contributed by atoms with Crippen molar-refractivity contribution in [1.82, 2.24) is 4.90 Å². The Morgan fingerprint density at radius 3 is 2.50 bits per heavy atom. The van der Waals surface area contributed by atoms with E-state index in [9.17, 15) is 4.79 Å². The summed E-state index contributed by atoms with van der Waals surface area (Å²) in [7, 11) is 0. The van der Waals surface area contributed by atoms with Crippen LogP contribution in [-0.2, 0) is 4.79 Å². The summed E-state index contributed by atoms with van der Waals surface area (Å²) in [5.41, 5.74) is 5.95. The second-order valence-corrected chi connectivity index (χ2v) is 9.40. The van der Waals surface area contributed by atoms with Crippen LogP contribution in [0.4, 0.5) is 0 Å². The smallest absolute Gasteiger partial charge is 0.222 e. The maximum absolute atomic E-state index is 12.4. The third kappa shape index (κ3) is 5.65. The molecule has 1 aliphatic heterocycles. The van der Waals surface area contributed by atoms with Crippen LogP contribution in [0, 0.1) is 11.3 Å². The van der Waals surface area contributed by atoms with Crippen LogP contribution in [0.5, 0.6) is 0 Å². The van der Waals surface area contributed by atoms with Crippen LogP contribution in [-0.4, -0.2) is 40.9 Å². The Kier molecular flexibility index (Phi) is 6.39. The van der Waals surface area contributed by atoms with Gasteiger partial charge in [0.2, 0.25) is 5.91 Å². The van der Waals surface area contributed by atoms with Gasteiger partial charge in [0.25, 0.3) is 0 Å². The largest absolute Gasteiger partial charge is 0.341 e. The van der Waals surface area contributed by atoms with E-state index < -0.39 is 0 Å². The summed E-state index contributed by atoms with van der Waals surface area (Å²) in [6, 6.07) is 0. The normalized spacial score (nSPS) is 20.8. The van der Waals surface area contributed by atoms with E-state index in [1.165, 1.54) is 0 Å². The first kappa shape index (κ1) is 17.8. The van der Waals surface area contributed by atoms with Crippen molar-refractivity contribution in [3.8, 4) is 0 Å². The van der Waals surface area contributed by atoms with Gasteiger partial charge < -0.3 is 10.6 Å². The predicted octanol–water partition coefficient (Wildman–Crippen LogP) is 3.13. The van der Waals surface area contributed by atoms with E-state index in [1.807, 2.05) is 11.8 Å². The highest BCUT2D eigenvalue weighted by atomic mass is 32.2. The average molecular weight is 301 g/mol. The lowest BCUT2D eigenvalue weighted by Gasteiger charge is -2.38. The molecule has 3 nitrogen and oxygen atoms in total. The maximum Gasteiger partial charge on any atom is 0.222 e. The summed E-state index contributed by atoms with van der Waals surface area (Å²) in [6.07, 6.45) is 2.64. The van der Waals surface area contributed by atoms with Gasteiger partial charge in [-0.15, -0.1) is 0 Å². The van der Waals surface area contributed by atoms with Crippen molar-refractivity contribution in [3.63, 3.8) is 0 Å². The molecule has 0 aromatic rings. The number of carbonyl (C=O) groups is 1. The fourth-order valence-electron chi connectivity index (χ4n) is 2.90. The van der Waals surface area contributed by atoms with E-state index in [0.29, 0.717) is 24.8 Å². The van der Waals surface area contributed by atoms with E-state index in [2.05, 4.69) is 39.5 Å². The zero-order chi connectivity index (χ0) is 15.4. The average Bonchev–Trinajstić information content (AvgIpc) is 2.31. The monoisotopic (exact) mass is 300 g/mol. The molecular formula is C16H32N2OS.